The van der Waals surface area contributed by atoms with Crippen LogP contribution in [0.3, 0.4) is 0 Å². The molecule has 8 rings (SSSR count). The summed E-state index contributed by atoms with van der Waals surface area (Å²) in [6, 6.07) is 30.8. The van der Waals surface area contributed by atoms with Crippen molar-refractivity contribution in [2.75, 3.05) is 0 Å². The number of aromatic nitrogens is 3. The maximum absolute atomic E-state index is 5.21. The molecule has 0 aliphatic heterocycles. The van der Waals surface area contributed by atoms with Crippen molar-refractivity contribution in [3.8, 4) is 16.9 Å². The summed E-state index contributed by atoms with van der Waals surface area (Å²) in [6.45, 7) is 4.29. The lowest BCUT2D eigenvalue weighted by Crippen LogP contribution is -2.03. The van der Waals surface area contributed by atoms with Crippen molar-refractivity contribution < 1.29 is 0 Å². The van der Waals surface area contributed by atoms with E-state index in [0.717, 1.165) is 45.9 Å². The fourth-order valence-corrected chi connectivity index (χ4v) is 6.34. The molecule has 39 heavy (non-hydrogen) atoms. The second kappa shape index (κ2) is 8.37. The Balaban J connectivity index is 1.29. The molecule has 3 nitrogen and oxygen atoms in total. The van der Waals surface area contributed by atoms with Crippen LogP contribution in [0, 0.1) is 13.8 Å². The van der Waals surface area contributed by atoms with Crippen molar-refractivity contribution in [1.82, 2.24) is 14.5 Å². The molecule has 3 heteroatoms. The first-order valence-electron chi connectivity index (χ1n) is 13.6. The number of aryl methyl sites for hydroxylation is 2. The molecule has 0 unspecified atom stereocenters. The highest BCUT2D eigenvalue weighted by molar-refractivity contribution is 6.23. The monoisotopic (exact) mass is 501 g/mol. The summed E-state index contributed by atoms with van der Waals surface area (Å²) in [5.74, 6) is 0. The molecular weight excluding hydrogens is 474 g/mol. The van der Waals surface area contributed by atoms with Crippen LogP contribution in [0.2, 0.25) is 0 Å². The van der Waals surface area contributed by atoms with E-state index in [1.807, 2.05) is 6.20 Å². The summed E-state index contributed by atoms with van der Waals surface area (Å²) in [6.07, 6.45) is 8.63. The topological polar surface area (TPSA) is 30.7 Å². The maximum atomic E-state index is 5.21. The number of hydrogen-bond acceptors (Lipinski definition) is 2. The molecule has 0 bridgehead atoms. The number of benzene rings is 5. The summed E-state index contributed by atoms with van der Waals surface area (Å²) in [7, 11) is 0. The Bertz CT molecular complexity index is 2130. The molecule has 186 valence electrons. The van der Waals surface area contributed by atoms with Crippen molar-refractivity contribution in [3.63, 3.8) is 0 Å². The third kappa shape index (κ3) is 3.36. The number of hydrogen-bond donors (Lipinski definition) is 0. The lowest BCUT2D eigenvalue weighted by Gasteiger charge is -2.14. The first-order chi connectivity index (χ1) is 19.2. The van der Waals surface area contributed by atoms with Crippen molar-refractivity contribution in [3.05, 3.63) is 120 Å². The molecule has 0 spiro atoms. The van der Waals surface area contributed by atoms with E-state index in [1.165, 1.54) is 49.7 Å². The minimum absolute atomic E-state index is 0.893. The van der Waals surface area contributed by atoms with Gasteiger partial charge >= 0.3 is 0 Å². The van der Waals surface area contributed by atoms with Crippen LogP contribution in [-0.4, -0.2) is 14.5 Å². The van der Waals surface area contributed by atoms with E-state index in [4.69, 9.17) is 9.97 Å². The summed E-state index contributed by atoms with van der Waals surface area (Å²) < 4.78 is 2.42. The molecule has 0 saturated carbocycles. The van der Waals surface area contributed by atoms with Gasteiger partial charge in [-0.05, 0) is 55.7 Å². The van der Waals surface area contributed by atoms with Crippen molar-refractivity contribution in [2.24, 2.45) is 0 Å². The van der Waals surface area contributed by atoms with E-state index in [9.17, 15) is 0 Å². The molecule has 1 aliphatic rings. The van der Waals surface area contributed by atoms with Gasteiger partial charge in [-0.3, -0.25) is 4.98 Å². The molecule has 0 atom stereocenters. The van der Waals surface area contributed by atoms with E-state index in [1.54, 1.807) is 0 Å². The quantitative estimate of drug-likeness (QED) is 0.221. The third-order valence-electron chi connectivity index (χ3n) is 8.19. The number of fused-ring (bicyclic) bond motifs is 9. The van der Waals surface area contributed by atoms with Crippen LogP contribution in [0.1, 0.15) is 28.8 Å². The van der Waals surface area contributed by atoms with Crippen LogP contribution in [-0.2, 0) is 6.42 Å². The standard InChI is InChI=1S/C36H27N3/c1-22-11-17-28-30(19-22)31-20-23(2)12-18-29(31)36-35(28)37-21-32(38-36)24-13-15-25(16-14-24)39-33-9-5-3-7-26(33)27-8-4-6-10-34(27)39/h3-5,7-9,11-21H,6,10H2,1-2H3. The van der Waals surface area contributed by atoms with E-state index in [-0.39, 0.29) is 0 Å². The molecule has 2 heterocycles. The largest absolute Gasteiger partial charge is 0.313 e. The zero-order chi connectivity index (χ0) is 26.1. The predicted molar refractivity (Wildman–Crippen MR) is 164 cm³/mol. The number of para-hydroxylation sites is 1. The molecule has 0 fully saturated rings. The van der Waals surface area contributed by atoms with Crippen molar-refractivity contribution in [1.29, 1.82) is 0 Å². The predicted octanol–water partition coefficient (Wildman–Crippen LogP) is 9.12. The van der Waals surface area contributed by atoms with Gasteiger partial charge in [0.2, 0.25) is 0 Å². The van der Waals surface area contributed by atoms with Crippen LogP contribution in [0.25, 0.3) is 66.5 Å². The van der Waals surface area contributed by atoms with Crippen LogP contribution in [0.5, 0.6) is 0 Å². The molecule has 0 radical (unpaired) electrons. The van der Waals surface area contributed by atoms with Crippen molar-refractivity contribution >= 4 is 49.6 Å². The number of nitrogens with zero attached hydrogens (tertiary/aromatic N) is 3. The van der Waals surface area contributed by atoms with Gasteiger partial charge < -0.3 is 4.57 Å². The lowest BCUT2D eigenvalue weighted by atomic mass is 9.96. The molecule has 0 amide bonds. The Morgan fingerprint density at radius 2 is 1.41 bits per heavy atom. The minimum atomic E-state index is 0.893. The van der Waals surface area contributed by atoms with E-state index in [0.29, 0.717) is 0 Å². The maximum Gasteiger partial charge on any atom is 0.0979 e. The fourth-order valence-electron chi connectivity index (χ4n) is 6.34. The number of rotatable bonds is 2. The van der Waals surface area contributed by atoms with Gasteiger partial charge in [-0.15, -0.1) is 0 Å². The summed E-state index contributed by atoms with van der Waals surface area (Å²) in [5, 5.41) is 6.10. The number of allylic oxidation sites excluding steroid dienone is 1. The van der Waals surface area contributed by atoms with E-state index in [2.05, 4.69) is 115 Å². The molecule has 0 saturated heterocycles. The van der Waals surface area contributed by atoms with Crippen LogP contribution in [0.4, 0.5) is 0 Å². The Kier molecular flexibility index (Phi) is 4.78. The molecule has 5 aromatic carbocycles. The SMILES string of the molecule is Cc1ccc2c(c1)c1cc(C)ccc1c1nc(-c3ccc(-n4c5c(c6ccccc64)C=CCC5)cc3)cnc21. The third-order valence-corrected chi connectivity index (χ3v) is 8.19. The van der Waals surface area contributed by atoms with Crippen molar-refractivity contribution in [2.45, 2.75) is 26.7 Å². The summed E-state index contributed by atoms with van der Waals surface area (Å²) in [5.41, 5.74) is 11.6. The van der Waals surface area contributed by atoms with Gasteiger partial charge in [-0.1, -0.05) is 90.0 Å². The Morgan fingerprint density at radius 1 is 0.692 bits per heavy atom. The normalized spacial score (nSPS) is 13.1. The molecule has 0 N–H and O–H groups in total. The first-order valence-corrected chi connectivity index (χ1v) is 13.6. The minimum Gasteiger partial charge on any atom is -0.313 e. The highest BCUT2D eigenvalue weighted by Gasteiger charge is 2.18. The van der Waals surface area contributed by atoms with E-state index < -0.39 is 0 Å². The average molecular weight is 502 g/mol. The molecular formula is C36H27N3. The van der Waals surface area contributed by atoms with Gasteiger partial charge in [0.25, 0.3) is 0 Å². The summed E-state index contributed by atoms with van der Waals surface area (Å²) in [4.78, 5) is 10.2. The highest BCUT2D eigenvalue weighted by atomic mass is 15.0. The molecule has 1 aliphatic carbocycles. The van der Waals surface area contributed by atoms with Gasteiger partial charge in [0.1, 0.15) is 0 Å². The average Bonchev–Trinajstić information content (AvgIpc) is 3.31. The second-order valence-electron chi connectivity index (χ2n) is 10.8. The highest BCUT2D eigenvalue weighted by Crippen LogP contribution is 2.36. The zero-order valence-electron chi connectivity index (χ0n) is 22.1. The smallest absolute Gasteiger partial charge is 0.0979 e. The summed E-state index contributed by atoms with van der Waals surface area (Å²) >= 11 is 0. The van der Waals surface area contributed by atoms with Gasteiger partial charge in [0.15, 0.2) is 0 Å². The second-order valence-corrected chi connectivity index (χ2v) is 10.8. The Hall–Kier alpha value is -4.76. The van der Waals surface area contributed by atoms with E-state index >= 15 is 0 Å². The first kappa shape index (κ1) is 22.2. The van der Waals surface area contributed by atoms with Gasteiger partial charge in [0, 0.05) is 38.7 Å². The lowest BCUT2D eigenvalue weighted by molar-refractivity contribution is 0.888. The molecule has 2 aromatic heterocycles. The van der Waals surface area contributed by atoms with Gasteiger partial charge in [-0.25, -0.2) is 4.98 Å². The zero-order valence-corrected chi connectivity index (χ0v) is 22.1. The Labute approximate surface area is 227 Å². The van der Waals surface area contributed by atoms with Crippen LogP contribution in [0.15, 0.2) is 97.2 Å². The fraction of sp³-hybridized carbons (Fsp3) is 0.111. The van der Waals surface area contributed by atoms with Crippen LogP contribution < -0.4 is 0 Å². The van der Waals surface area contributed by atoms with Crippen LogP contribution >= 0.6 is 0 Å². The Morgan fingerprint density at radius 3 is 2.18 bits per heavy atom. The van der Waals surface area contributed by atoms with Gasteiger partial charge in [-0.2, -0.15) is 0 Å². The molecule has 7 aromatic rings. The van der Waals surface area contributed by atoms with Gasteiger partial charge in [0.05, 0.1) is 28.4 Å².